The van der Waals surface area contributed by atoms with Crippen LogP contribution in [-0.2, 0) is 29.5 Å². The first-order valence-electron chi connectivity index (χ1n) is 12.5. The third-order valence-electron chi connectivity index (χ3n) is 6.37. The van der Waals surface area contributed by atoms with Crippen molar-refractivity contribution in [3.63, 3.8) is 0 Å². The topological polar surface area (TPSA) is 143 Å². The second kappa shape index (κ2) is 11.5. The van der Waals surface area contributed by atoms with Gasteiger partial charge in [-0.05, 0) is 43.3 Å². The van der Waals surface area contributed by atoms with Gasteiger partial charge in [0, 0.05) is 49.3 Å². The maximum absolute atomic E-state index is 13.1. The van der Waals surface area contributed by atoms with Crippen LogP contribution >= 0.6 is 0 Å². The summed E-state index contributed by atoms with van der Waals surface area (Å²) in [5.41, 5.74) is 1.80. The molecule has 0 aliphatic carbocycles. The van der Waals surface area contributed by atoms with E-state index in [1.54, 1.807) is 54.7 Å². The fourth-order valence-electron chi connectivity index (χ4n) is 4.24. The average molecular weight is 575 g/mol. The van der Waals surface area contributed by atoms with Crippen LogP contribution in [-0.4, -0.2) is 88.0 Å². The number of morpholine rings is 2. The first kappa shape index (κ1) is 27.4. The fraction of sp³-hybridized carbons (Fsp3) is 0.360. The largest absolute Gasteiger partial charge is 0.379 e. The van der Waals surface area contributed by atoms with Gasteiger partial charge in [-0.25, -0.2) is 21.8 Å². The molecule has 3 aromatic rings. The van der Waals surface area contributed by atoms with Crippen molar-refractivity contribution in [2.75, 3.05) is 63.2 Å². The molecule has 0 spiro atoms. The third kappa shape index (κ3) is 6.21. The maximum Gasteiger partial charge on any atom is 0.243 e. The molecule has 0 saturated carbocycles. The Bertz CT molecular complexity index is 1540. The van der Waals surface area contributed by atoms with E-state index in [0.717, 1.165) is 5.56 Å². The summed E-state index contributed by atoms with van der Waals surface area (Å²) in [6, 6.07) is 13.0. The zero-order valence-electron chi connectivity index (χ0n) is 21.4. The number of sulfonamides is 2. The van der Waals surface area contributed by atoms with Crippen molar-refractivity contribution in [3.8, 4) is 0 Å². The number of hydrogen-bond acceptors (Lipinski definition) is 10. The minimum Gasteiger partial charge on any atom is -0.379 e. The minimum atomic E-state index is -3.66. The molecule has 3 heterocycles. The molecule has 0 atom stereocenters. The Balaban J connectivity index is 1.34. The van der Waals surface area contributed by atoms with Gasteiger partial charge in [-0.2, -0.15) is 13.6 Å². The van der Waals surface area contributed by atoms with E-state index in [1.165, 1.54) is 8.61 Å². The number of nitrogens with zero attached hydrogens (tertiary/aromatic N) is 4. The molecule has 0 bridgehead atoms. The molecule has 2 N–H and O–H groups in total. The van der Waals surface area contributed by atoms with E-state index < -0.39 is 20.0 Å². The summed E-state index contributed by atoms with van der Waals surface area (Å²) in [4.78, 5) is 9.21. The molecule has 2 aliphatic rings. The van der Waals surface area contributed by atoms with Crippen molar-refractivity contribution in [2.45, 2.75) is 16.7 Å². The minimum absolute atomic E-state index is 0.165. The molecular weight excluding hydrogens is 544 g/mol. The number of nitrogens with one attached hydrogen (secondary N) is 2. The molecule has 2 fully saturated rings. The Morgan fingerprint density at radius 2 is 1.23 bits per heavy atom. The van der Waals surface area contributed by atoms with Gasteiger partial charge in [-0.1, -0.05) is 12.1 Å². The Labute approximate surface area is 228 Å². The second-order valence-electron chi connectivity index (χ2n) is 9.06. The van der Waals surface area contributed by atoms with E-state index in [1.807, 2.05) is 6.92 Å². The summed E-state index contributed by atoms with van der Waals surface area (Å²) in [5.74, 6) is 0.728. The lowest BCUT2D eigenvalue weighted by Gasteiger charge is -2.26. The van der Waals surface area contributed by atoms with E-state index in [4.69, 9.17) is 9.47 Å². The van der Waals surface area contributed by atoms with E-state index in [-0.39, 0.29) is 15.7 Å². The van der Waals surface area contributed by atoms with Gasteiger partial charge in [0.25, 0.3) is 0 Å². The van der Waals surface area contributed by atoms with Gasteiger partial charge >= 0.3 is 0 Å². The molecule has 5 rings (SSSR count). The lowest BCUT2D eigenvalue weighted by Crippen LogP contribution is -2.40. The van der Waals surface area contributed by atoms with Crippen molar-refractivity contribution in [1.82, 2.24) is 18.6 Å². The molecule has 2 saturated heterocycles. The van der Waals surface area contributed by atoms with Crippen molar-refractivity contribution in [2.24, 2.45) is 0 Å². The van der Waals surface area contributed by atoms with Crippen LogP contribution in [0.4, 0.5) is 23.1 Å². The Hall–Kier alpha value is -3.14. The second-order valence-corrected chi connectivity index (χ2v) is 12.9. The van der Waals surface area contributed by atoms with Crippen LogP contribution in [0.3, 0.4) is 0 Å². The Morgan fingerprint density at radius 3 is 1.74 bits per heavy atom. The lowest BCUT2D eigenvalue weighted by atomic mass is 10.3. The normalized spacial score (nSPS) is 17.6. The molecule has 1 aromatic heterocycles. The highest BCUT2D eigenvalue weighted by molar-refractivity contribution is 7.89. The van der Waals surface area contributed by atoms with Crippen LogP contribution in [0.5, 0.6) is 0 Å². The SMILES string of the molecule is Cc1cnc(Nc2cccc(S(=O)(=O)N3CCOCC3)c2)nc1Nc1cccc(S(=O)(=O)N2CCOCC2)c1. The molecule has 2 aromatic carbocycles. The highest BCUT2D eigenvalue weighted by atomic mass is 32.2. The van der Waals surface area contributed by atoms with Gasteiger partial charge < -0.3 is 20.1 Å². The number of aromatic nitrogens is 2. The summed E-state index contributed by atoms with van der Waals surface area (Å²) in [7, 11) is -7.31. The van der Waals surface area contributed by atoms with Gasteiger partial charge in [0.05, 0.1) is 36.2 Å². The van der Waals surface area contributed by atoms with E-state index >= 15 is 0 Å². The number of rotatable bonds is 8. The molecule has 0 amide bonds. The monoisotopic (exact) mass is 574 g/mol. The zero-order valence-corrected chi connectivity index (χ0v) is 23.0. The summed E-state index contributed by atoms with van der Waals surface area (Å²) >= 11 is 0. The molecule has 14 heteroatoms. The molecule has 0 radical (unpaired) electrons. The average Bonchev–Trinajstić information content (AvgIpc) is 2.96. The first-order chi connectivity index (χ1) is 18.7. The van der Waals surface area contributed by atoms with Gasteiger partial charge in [0.15, 0.2) is 0 Å². The lowest BCUT2D eigenvalue weighted by molar-refractivity contribution is 0.0730. The van der Waals surface area contributed by atoms with Crippen molar-refractivity contribution in [3.05, 3.63) is 60.3 Å². The third-order valence-corrected chi connectivity index (χ3v) is 10.2. The predicted octanol–water partition coefficient (Wildman–Crippen LogP) is 2.31. The van der Waals surface area contributed by atoms with Crippen LogP contribution in [0.2, 0.25) is 0 Å². The summed E-state index contributed by atoms with van der Waals surface area (Å²) in [5, 5.41) is 6.25. The molecule has 12 nitrogen and oxygen atoms in total. The number of benzene rings is 2. The standard InChI is InChI=1S/C25H30N6O6S2/c1-19-18-26-25(28-21-5-3-7-23(17-21)39(34,35)31-10-14-37-15-11-31)29-24(19)27-20-4-2-6-22(16-20)38(32,33)30-8-12-36-13-9-30/h2-7,16-18H,8-15H2,1H3,(H2,26,27,28,29). The highest BCUT2D eigenvalue weighted by Crippen LogP contribution is 2.26. The number of hydrogen-bond donors (Lipinski definition) is 2. The fourth-order valence-corrected chi connectivity index (χ4v) is 7.14. The van der Waals surface area contributed by atoms with Crippen LogP contribution in [0, 0.1) is 6.92 Å². The maximum atomic E-state index is 13.1. The van der Waals surface area contributed by atoms with Crippen LogP contribution in [0.15, 0.2) is 64.5 Å². The van der Waals surface area contributed by atoms with E-state index in [0.29, 0.717) is 69.8 Å². The highest BCUT2D eigenvalue weighted by Gasteiger charge is 2.27. The molecule has 39 heavy (non-hydrogen) atoms. The zero-order chi connectivity index (χ0) is 27.5. The summed E-state index contributed by atoms with van der Waals surface area (Å²) in [6.45, 7) is 4.55. The number of ether oxygens (including phenoxy) is 2. The van der Waals surface area contributed by atoms with Crippen LogP contribution in [0.25, 0.3) is 0 Å². The van der Waals surface area contributed by atoms with E-state index in [9.17, 15) is 16.8 Å². The Kier molecular flexibility index (Phi) is 8.11. The van der Waals surface area contributed by atoms with Crippen molar-refractivity contribution in [1.29, 1.82) is 0 Å². The van der Waals surface area contributed by atoms with Gasteiger partial charge in [0.2, 0.25) is 26.0 Å². The van der Waals surface area contributed by atoms with Gasteiger partial charge in [-0.3, -0.25) is 0 Å². The van der Waals surface area contributed by atoms with Gasteiger partial charge in [-0.15, -0.1) is 0 Å². The smallest absolute Gasteiger partial charge is 0.243 e. The van der Waals surface area contributed by atoms with Crippen molar-refractivity contribution >= 4 is 43.2 Å². The molecule has 2 aliphatic heterocycles. The van der Waals surface area contributed by atoms with E-state index in [2.05, 4.69) is 20.6 Å². The predicted molar refractivity (Wildman–Crippen MR) is 145 cm³/mol. The quantitative estimate of drug-likeness (QED) is 0.411. The Morgan fingerprint density at radius 1 is 0.744 bits per heavy atom. The molecule has 0 unspecified atom stereocenters. The number of anilines is 4. The summed E-state index contributed by atoms with van der Waals surface area (Å²) in [6.07, 6.45) is 1.63. The summed E-state index contributed by atoms with van der Waals surface area (Å²) < 4.78 is 65.6. The van der Waals surface area contributed by atoms with Crippen LogP contribution in [0.1, 0.15) is 5.56 Å². The molecule has 208 valence electrons. The number of aryl methyl sites for hydroxylation is 1. The molecular formula is C25H30N6O6S2. The van der Waals surface area contributed by atoms with Crippen LogP contribution < -0.4 is 10.6 Å². The van der Waals surface area contributed by atoms with Crippen molar-refractivity contribution < 1.29 is 26.3 Å². The first-order valence-corrected chi connectivity index (χ1v) is 15.4. The van der Waals surface area contributed by atoms with Gasteiger partial charge in [0.1, 0.15) is 5.82 Å².